The van der Waals surface area contributed by atoms with Crippen LogP contribution >= 0.6 is 23.2 Å². The van der Waals surface area contributed by atoms with E-state index in [-0.39, 0.29) is 29.1 Å². The Morgan fingerprint density at radius 1 is 1.07 bits per heavy atom. The first-order valence-electron chi connectivity index (χ1n) is 13.2. The Morgan fingerprint density at radius 2 is 1.71 bits per heavy atom. The Bertz CT molecular complexity index is 1350. The van der Waals surface area contributed by atoms with Gasteiger partial charge in [-0.25, -0.2) is 12.8 Å². The zero-order chi connectivity index (χ0) is 30.8. The van der Waals surface area contributed by atoms with Crippen molar-refractivity contribution in [2.45, 2.75) is 57.3 Å². The van der Waals surface area contributed by atoms with Gasteiger partial charge in [0.2, 0.25) is 15.9 Å². The number of hydrogen-bond donors (Lipinski definition) is 0. The normalized spacial score (nSPS) is 17.0. The van der Waals surface area contributed by atoms with Crippen LogP contribution in [0.2, 0.25) is 10.0 Å². The number of alkyl halides is 3. The summed E-state index contributed by atoms with van der Waals surface area (Å²) in [7, 11) is -1.82. The highest BCUT2D eigenvalue weighted by atomic mass is 35.5. The zero-order valence-corrected chi connectivity index (χ0v) is 25.8. The lowest BCUT2D eigenvalue weighted by Crippen LogP contribution is -2.49. The van der Waals surface area contributed by atoms with Crippen molar-refractivity contribution in [3.8, 4) is 0 Å². The van der Waals surface area contributed by atoms with Crippen LogP contribution < -0.4 is 0 Å². The molecule has 1 aliphatic heterocycles. The number of carbonyl (C=O) groups excluding carboxylic acids is 1. The maximum Gasteiger partial charge on any atom is 0.419 e. The number of hydrogen-bond acceptors (Lipinski definition) is 4. The van der Waals surface area contributed by atoms with Gasteiger partial charge in [0, 0.05) is 26.2 Å². The first-order chi connectivity index (χ1) is 19.0. The molecule has 0 bridgehead atoms. The van der Waals surface area contributed by atoms with E-state index in [0.717, 1.165) is 12.1 Å². The number of likely N-dealkylation sites (tertiary alicyclic amines) is 1. The Labute approximate surface area is 249 Å². The predicted octanol–water partition coefficient (Wildman–Crippen LogP) is 6.20. The third-order valence-electron chi connectivity index (χ3n) is 7.76. The van der Waals surface area contributed by atoms with Gasteiger partial charge in [0.1, 0.15) is 5.82 Å². The maximum atomic E-state index is 13.9. The molecular weight excluding hydrogens is 605 g/mol. The number of carbonyl (C=O) groups is 1. The standard InChI is InChI=1S/C28H35Cl2F4N3O3S/c1-5-37(41(4,39)40)21-10-13-36(14-11-21)15-12-27(2,20-7-8-23(29)24(30)17-20)26(38)35(3)18-19-6-9-25(31)22(16-19)28(32,33)34/h6-9,16-17,21H,5,10-15,18H2,1-4H3. The highest BCUT2D eigenvalue weighted by molar-refractivity contribution is 7.88. The van der Waals surface area contributed by atoms with Crippen LogP contribution in [0.25, 0.3) is 0 Å². The van der Waals surface area contributed by atoms with Crippen molar-refractivity contribution in [2.24, 2.45) is 0 Å². The zero-order valence-electron chi connectivity index (χ0n) is 23.4. The molecule has 2 aromatic carbocycles. The van der Waals surface area contributed by atoms with E-state index in [1.165, 1.54) is 28.6 Å². The largest absolute Gasteiger partial charge is 0.419 e. The van der Waals surface area contributed by atoms with Crippen molar-refractivity contribution in [3.05, 3.63) is 69.0 Å². The minimum absolute atomic E-state index is 0.0854. The quantitative estimate of drug-likeness (QED) is 0.290. The van der Waals surface area contributed by atoms with E-state index in [4.69, 9.17) is 23.2 Å². The van der Waals surface area contributed by atoms with Crippen molar-refractivity contribution in [1.82, 2.24) is 14.1 Å². The van der Waals surface area contributed by atoms with Gasteiger partial charge in [-0.2, -0.15) is 17.5 Å². The topological polar surface area (TPSA) is 60.9 Å². The van der Waals surface area contributed by atoms with E-state index < -0.39 is 33.0 Å². The van der Waals surface area contributed by atoms with E-state index >= 15 is 0 Å². The predicted molar refractivity (Wildman–Crippen MR) is 153 cm³/mol. The minimum atomic E-state index is -4.86. The third kappa shape index (κ3) is 8.13. The van der Waals surface area contributed by atoms with Crippen molar-refractivity contribution in [3.63, 3.8) is 0 Å². The molecule has 1 atom stereocenters. The van der Waals surface area contributed by atoms with Gasteiger partial charge in [0.05, 0.1) is 27.3 Å². The van der Waals surface area contributed by atoms with E-state index in [9.17, 15) is 30.8 Å². The number of benzene rings is 2. The number of likely N-dealkylation sites (N-methyl/N-ethyl adjacent to an activating group) is 1. The van der Waals surface area contributed by atoms with Gasteiger partial charge < -0.3 is 9.80 Å². The Balaban J connectivity index is 1.81. The molecule has 6 nitrogen and oxygen atoms in total. The lowest BCUT2D eigenvalue weighted by atomic mass is 9.77. The van der Waals surface area contributed by atoms with E-state index in [1.54, 1.807) is 25.1 Å². The maximum absolute atomic E-state index is 13.9. The number of amides is 1. The SMILES string of the molecule is CCN(C1CCN(CCC(C)(C(=O)N(C)Cc2ccc(F)c(C(F)(F)F)c2)c2ccc(Cl)c(Cl)c2)CC1)S(C)(=O)=O. The summed E-state index contributed by atoms with van der Waals surface area (Å²) in [6, 6.07) is 7.53. The van der Waals surface area contributed by atoms with Crippen LogP contribution in [0.15, 0.2) is 36.4 Å². The van der Waals surface area contributed by atoms with Crippen LogP contribution in [0.5, 0.6) is 0 Å². The average molecular weight is 641 g/mol. The second-order valence-electron chi connectivity index (χ2n) is 10.7. The van der Waals surface area contributed by atoms with Gasteiger partial charge in [0.25, 0.3) is 0 Å². The van der Waals surface area contributed by atoms with Gasteiger partial charge in [-0.05, 0) is 81.2 Å². The fourth-order valence-electron chi connectivity index (χ4n) is 5.45. The molecule has 41 heavy (non-hydrogen) atoms. The summed E-state index contributed by atoms with van der Waals surface area (Å²) in [5, 5.41) is 0.582. The summed E-state index contributed by atoms with van der Waals surface area (Å²) in [5.41, 5.74) is -1.76. The molecular formula is C28H35Cl2F4N3O3S. The van der Waals surface area contributed by atoms with Gasteiger partial charge in [-0.3, -0.25) is 4.79 Å². The van der Waals surface area contributed by atoms with Crippen LogP contribution in [-0.4, -0.2) is 74.0 Å². The lowest BCUT2D eigenvalue weighted by Gasteiger charge is -2.39. The molecule has 1 aliphatic rings. The Hall–Kier alpha value is -1.92. The average Bonchev–Trinajstić information content (AvgIpc) is 2.89. The monoisotopic (exact) mass is 639 g/mol. The fraction of sp³-hybridized carbons (Fsp3) is 0.536. The Kier molecular flexibility index (Phi) is 10.8. The van der Waals surface area contributed by atoms with Gasteiger partial charge in [-0.15, -0.1) is 0 Å². The molecule has 0 N–H and O–H groups in total. The van der Waals surface area contributed by atoms with Crippen LogP contribution in [0, 0.1) is 5.82 Å². The summed E-state index contributed by atoms with van der Waals surface area (Å²) in [6.45, 7) is 5.62. The fourth-order valence-corrected chi connectivity index (χ4v) is 6.96. The van der Waals surface area contributed by atoms with Crippen LogP contribution in [0.3, 0.4) is 0 Å². The van der Waals surface area contributed by atoms with E-state index in [0.29, 0.717) is 56.0 Å². The van der Waals surface area contributed by atoms with Gasteiger partial charge in [0.15, 0.2) is 0 Å². The number of nitrogens with zero attached hydrogens (tertiary/aromatic N) is 3. The second kappa shape index (κ2) is 13.2. The third-order valence-corrected chi connectivity index (χ3v) is 9.91. The van der Waals surface area contributed by atoms with Crippen LogP contribution in [-0.2, 0) is 33.0 Å². The summed E-state index contributed by atoms with van der Waals surface area (Å²) < 4.78 is 79.3. The first kappa shape index (κ1) is 33.6. The van der Waals surface area contributed by atoms with Gasteiger partial charge >= 0.3 is 6.18 Å². The summed E-state index contributed by atoms with van der Waals surface area (Å²) in [6.07, 6.45) is -1.97. The van der Waals surface area contributed by atoms with Crippen molar-refractivity contribution < 1.29 is 30.8 Å². The van der Waals surface area contributed by atoms with Crippen molar-refractivity contribution in [1.29, 1.82) is 0 Å². The summed E-state index contributed by atoms with van der Waals surface area (Å²) in [4.78, 5) is 17.4. The highest BCUT2D eigenvalue weighted by Crippen LogP contribution is 2.36. The molecule has 0 radical (unpaired) electrons. The first-order valence-corrected chi connectivity index (χ1v) is 15.8. The molecule has 2 aromatic rings. The van der Waals surface area contributed by atoms with Crippen molar-refractivity contribution in [2.75, 3.05) is 39.5 Å². The van der Waals surface area contributed by atoms with Crippen LogP contribution in [0.1, 0.15) is 49.8 Å². The molecule has 1 fully saturated rings. The van der Waals surface area contributed by atoms with Crippen molar-refractivity contribution >= 4 is 39.1 Å². The molecule has 0 spiro atoms. The molecule has 0 aromatic heterocycles. The highest BCUT2D eigenvalue weighted by Gasteiger charge is 2.39. The minimum Gasteiger partial charge on any atom is -0.341 e. The second-order valence-corrected chi connectivity index (χ2v) is 13.5. The molecule has 3 rings (SSSR count). The summed E-state index contributed by atoms with van der Waals surface area (Å²) in [5.74, 6) is -1.73. The molecule has 13 heteroatoms. The molecule has 1 saturated heterocycles. The number of rotatable bonds is 10. The molecule has 0 saturated carbocycles. The lowest BCUT2D eigenvalue weighted by molar-refractivity contribution is -0.140. The molecule has 1 amide bonds. The van der Waals surface area contributed by atoms with E-state index in [1.807, 2.05) is 6.92 Å². The van der Waals surface area contributed by atoms with Crippen LogP contribution in [0.4, 0.5) is 17.6 Å². The number of halogens is 6. The Morgan fingerprint density at radius 3 is 2.24 bits per heavy atom. The smallest absolute Gasteiger partial charge is 0.341 e. The number of piperidine rings is 1. The molecule has 1 unspecified atom stereocenters. The molecule has 0 aliphatic carbocycles. The molecule has 228 valence electrons. The van der Waals surface area contributed by atoms with Gasteiger partial charge in [-0.1, -0.05) is 42.3 Å². The molecule has 1 heterocycles. The van der Waals surface area contributed by atoms with E-state index in [2.05, 4.69) is 4.90 Å². The summed E-state index contributed by atoms with van der Waals surface area (Å²) >= 11 is 12.4. The number of sulfonamides is 1.